The van der Waals surface area contributed by atoms with E-state index in [1.54, 1.807) is 6.92 Å². The number of nitrogens with zero attached hydrogens (tertiary/aromatic N) is 1. The minimum atomic E-state index is -1.09. The number of hydrogen-bond donors (Lipinski definition) is 0. The summed E-state index contributed by atoms with van der Waals surface area (Å²) in [5, 5.41) is 0. The third-order valence-electron chi connectivity index (χ3n) is 1.68. The van der Waals surface area contributed by atoms with Crippen molar-refractivity contribution in [3.8, 4) is 0 Å². The van der Waals surface area contributed by atoms with Crippen molar-refractivity contribution in [2.24, 2.45) is 0 Å². The number of rotatable bonds is 7. The van der Waals surface area contributed by atoms with Gasteiger partial charge in [-0.05, 0) is 13.8 Å². The third-order valence-corrected chi connectivity index (χ3v) is 4.15. The van der Waals surface area contributed by atoms with Crippen LogP contribution in [-0.2, 0) is 9.05 Å². The Morgan fingerprint density at radius 3 is 2.07 bits per heavy atom. The third kappa shape index (κ3) is 5.94. The zero-order valence-corrected chi connectivity index (χ0v) is 12.0. The van der Waals surface area contributed by atoms with Gasteiger partial charge in [-0.2, -0.15) is 0 Å². The Balaban J connectivity index is 4.45. The van der Waals surface area contributed by atoms with Crippen LogP contribution < -0.4 is 0 Å². The van der Waals surface area contributed by atoms with Crippen LogP contribution in [0.5, 0.6) is 0 Å². The van der Waals surface area contributed by atoms with Crippen molar-refractivity contribution in [2.75, 3.05) is 19.7 Å². The Morgan fingerprint density at radius 1 is 1.20 bits per heavy atom. The fourth-order valence-electron chi connectivity index (χ4n) is 0.882. The molecule has 0 bridgehead atoms. The van der Waals surface area contributed by atoms with Crippen molar-refractivity contribution in [1.82, 2.24) is 4.67 Å². The Labute approximate surface area is 103 Å². The van der Waals surface area contributed by atoms with Crippen LogP contribution in [0.2, 0.25) is 0 Å². The number of halogens is 2. The van der Waals surface area contributed by atoms with E-state index in [4.69, 9.17) is 32.2 Å². The molecule has 0 fully saturated rings. The summed E-state index contributed by atoms with van der Waals surface area (Å²) in [5.41, 5.74) is 0. The predicted molar refractivity (Wildman–Crippen MR) is 67.0 cm³/mol. The van der Waals surface area contributed by atoms with Crippen molar-refractivity contribution in [3.63, 3.8) is 0 Å². The first-order valence-electron chi connectivity index (χ1n) is 4.94. The molecule has 6 heteroatoms. The van der Waals surface area contributed by atoms with Crippen LogP contribution >= 0.6 is 31.7 Å². The maximum atomic E-state index is 5.62. The van der Waals surface area contributed by atoms with Gasteiger partial charge in [0.15, 0.2) is 0 Å². The molecule has 0 radical (unpaired) electrons. The Hall–Kier alpha value is 0.470. The molecule has 0 N–H and O–H groups in total. The maximum absolute atomic E-state index is 5.62. The normalized spacial score (nSPS) is 12.7. The van der Waals surface area contributed by atoms with Gasteiger partial charge in [0, 0.05) is 13.1 Å². The van der Waals surface area contributed by atoms with E-state index in [1.807, 2.05) is 6.92 Å². The fraction of sp³-hybridized carbons (Fsp3) is 0.778. The van der Waals surface area contributed by atoms with Crippen LogP contribution in [0.25, 0.3) is 0 Å². The molecule has 0 aliphatic rings. The SMILES string of the molecule is CCOP(OC(C)=C(Cl)Cl)N(CC)CC. The minimum absolute atomic E-state index is 0.148. The molecule has 3 nitrogen and oxygen atoms in total. The van der Waals surface area contributed by atoms with Gasteiger partial charge in [0.1, 0.15) is 10.3 Å². The molecule has 0 rings (SSSR count). The standard InChI is InChI=1S/C9H18Cl2NO2P/c1-5-12(6-2)15(13-7-3)14-8(4)9(10)11/h5-7H2,1-4H3. The van der Waals surface area contributed by atoms with Gasteiger partial charge in [-0.3, -0.25) is 0 Å². The van der Waals surface area contributed by atoms with Gasteiger partial charge in [-0.15, -0.1) is 0 Å². The molecule has 1 atom stereocenters. The molecule has 1 unspecified atom stereocenters. The smallest absolute Gasteiger partial charge is 0.320 e. The molecule has 0 aliphatic carbocycles. The lowest BCUT2D eigenvalue weighted by Gasteiger charge is -2.27. The van der Waals surface area contributed by atoms with E-state index >= 15 is 0 Å². The van der Waals surface area contributed by atoms with Crippen LogP contribution in [0.15, 0.2) is 10.3 Å². The average Bonchev–Trinajstić information content (AvgIpc) is 2.19. The van der Waals surface area contributed by atoms with Crippen molar-refractivity contribution in [3.05, 3.63) is 10.3 Å². The van der Waals surface area contributed by atoms with Gasteiger partial charge in [0.25, 0.3) is 0 Å². The lowest BCUT2D eigenvalue weighted by molar-refractivity contribution is 0.251. The van der Waals surface area contributed by atoms with Crippen LogP contribution in [0.4, 0.5) is 0 Å². The van der Waals surface area contributed by atoms with Crippen LogP contribution in [-0.4, -0.2) is 24.4 Å². The summed E-state index contributed by atoms with van der Waals surface area (Å²) < 4.78 is 13.3. The zero-order chi connectivity index (χ0) is 11.8. The number of allylic oxidation sites excluding steroid dienone is 1. The van der Waals surface area contributed by atoms with E-state index in [0.717, 1.165) is 13.1 Å². The summed E-state index contributed by atoms with van der Waals surface area (Å²) in [6.07, 6.45) is 0. The maximum Gasteiger partial charge on any atom is 0.320 e. The summed E-state index contributed by atoms with van der Waals surface area (Å²) in [4.78, 5) is 0. The fourth-order valence-corrected chi connectivity index (χ4v) is 2.41. The average molecular weight is 274 g/mol. The van der Waals surface area contributed by atoms with E-state index in [1.165, 1.54) is 0 Å². The second kappa shape index (κ2) is 8.60. The number of hydrogen-bond acceptors (Lipinski definition) is 3. The largest absolute Gasteiger partial charge is 0.438 e. The molecule has 90 valence electrons. The summed E-state index contributed by atoms with van der Waals surface area (Å²) >= 11 is 11.2. The highest BCUT2D eigenvalue weighted by Gasteiger charge is 2.20. The second-order valence-electron chi connectivity index (χ2n) is 2.70. The van der Waals surface area contributed by atoms with Gasteiger partial charge in [-0.25, -0.2) is 4.67 Å². The molecule has 0 heterocycles. The Morgan fingerprint density at radius 2 is 1.73 bits per heavy atom. The van der Waals surface area contributed by atoms with E-state index in [2.05, 4.69) is 18.5 Å². The summed E-state index contributed by atoms with van der Waals surface area (Å²) in [6, 6.07) is 0. The minimum Gasteiger partial charge on any atom is -0.438 e. The topological polar surface area (TPSA) is 21.7 Å². The van der Waals surface area contributed by atoms with Crippen LogP contribution in [0.3, 0.4) is 0 Å². The van der Waals surface area contributed by atoms with Crippen LogP contribution in [0.1, 0.15) is 27.7 Å². The van der Waals surface area contributed by atoms with Gasteiger partial charge >= 0.3 is 8.53 Å². The van der Waals surface area contributed by atoms with Gasteiger partial charge in [-0.1, -0.05) is 37.0 Å². The van der Waals surface area contributed by atoms with E-state index in [9.17, 15) is 0 Å². The van der Waals surface area contributed by atoms with Gasteiger partial charge in [0.2, 0.25) is 0 Å². The van der Waals surface area contributed by atoms with E-state index in [-0.39, 0.29) is 4.49 Å². The molecular formula is C9H18Cl2NO2P. The quantitative estimate of drug-likeness (QED) is 0.511. The lowest BCUT2D eigenvalue weighted by Crippen LogP contribution is -2.19. The summed E-state index contributed by atoms with van der Waals surface area (Å²) in [7, 11) is -1.09. The van der Waals surface area contributed by atoms with Crippen molar-refractivity contribution < 1.29 is 9.05 Å². The molecule has 0 saturated carbocycles. The highest BCUT2D eigenvalue weighted by atomic mass is 35.5. The van der Waals surface area contributed by atoms with E-state index < -0.39 is 8.53 Å². The van der Waals surface area contributed by atoms with E-state index in [0.29, 0.717) is 12.4 Å². The zero-order valence-electron chi connectivity index (χ0n) is 9.59. The van der Waals surface area contributed by atoms with Crippen molar-refractivity contribution >= 4 is 31.7 Å². The lowest BCUT2D eigenvalue weighted by atomic mass is 10.7. The highest BCUT2D eigenvalue weighted by Crippen LogP contribution is 2.45. The molecule has 0 aliphatic heterocycles. The molecule has 0 aromatic heterocycles. The Bertz CT molecular complexity index is 206. The molecular weight excluding hydrogens is 256 g/mol. The second-order valence-corrected chi connectivity index (χ2v) is 5.13. The monoisotopic (exact) mass is 273 g/mol. The molecule has 15 heavy (non-hydrogen) atoms. The van der Waals surface area contributed by atoms with Crippen molar-refractivity contribution in [1.29, 1.82) is 0 Å². The van der Waals surface area contributed by atoms with Gasteiger partial charge in [0.05, 0.1) is 6.61 Å². The van der Waals surface area contributed by atoms with Crippen molar-refractivity contribution in [2.45, 2.75) is 27.7 Å². The van der Waals surface area contributed by atoms with Gasteiger partial charge < -0.3 is 9.05 Å². The Kier molecular flexibility index (Phi) is 8.87. The molecule has 0 amide bonds. The first kappa shape index (κ1) is 15.5. The highest BCUT2D eigenvalue weighted by molar-refractivity contribution is 7.44. The first-order chi connectivity index (χ1) is 7.06. The van der Waals surface area contributed by atoms with Crippen LogP contribution in [0, 0.1) is 0 Å². The predicted octanol–water partition coefficient (Wildman–Crippen LogP) is 4.27. The molecule has 0 aromatic rings. The summed E-state index contributed by atoms with van der Waals surface area (Å²) in [6.45, 7) is 10.1. The molecule has 0 spiro atoms. The first-order valence-corrected chi connectivity index (χ1v) is 6.83. The molecule has 0 aromatic carbocycles. The molecule has 0 saturated heterocycles. The summed E-state index contributed by atoms with van der Waals surface area (Å²) in [5.74, 6) is 0.504.